The van der Waals surface area contributed by atoms with Crippen molar-refractivity contribution in [1.82, 2.24) is 10.2 Å². The maximum atomic E-state index is 12.7. The summed E-state index contributed by atoms with van der Waals surface area (Å²) in [5.41, 5.74) is 0. The number of amides is 1. The monoisotopic (exact) mass is 751 g/mol. The highest BCUT2D eigenvalue weighted by Gasteiger charge is 2.14. The molecule has 0 aliphatic rings. The van der Waals surface area contributed by atoms with Crippen molar-refractivity contribution in [2.24, 2.45) is 0 Å². The SMILES string of the molecule is CCCCCCCCCOC(=O)CCCCCCCN(CCCCCCCC(=O)OC(CCCCCCC)CCCCCCCC)CCCC(=O)NC. The molecule has 7 heteroatoms. The molecule has 7 nitrogen and oxygen atoms in total. The Morgan fingerprint density at radius 1 is 0.453 bits per heavy atom. The number of carbonyl (C=O) groups excluding carboxylic acids is 3. The van der Waals surface area contributed by atoms with Crippen LogP contribution in [0.3, 0.4) is 0 Å². The summed E-state index contributed by atoms with van der Waals surface area (Å²) in [5.74, 6) is 0.0924. The molecule has 0 heterocycles. The second-order valence-electron chi connectivity index (χ2n) is 15.9. The minimum atomic E-state index is -0.0332. The number of nitrogens with zero attached hydrogens (tertiary/aromatic N) is 1. The van der Waals surface area contributed by atoms with E-state index in [9.17, 15) is 14.4 Å². The first-order valence-corrected chi connectivity index (χ1v) is 23.2. The molecule has 0 fully saturated rings. The summed E-state index contributed by atoms with van der Waals surface area (Å²) in [5, 5.41) is 2.74. The van der Waals surface area contributed by atoms with Crippen LogP contribution in [0.2, 0.25) is 0 Å². The summed E-state index contributed by atoms with van der Waals surface area (Å²) >= 11 is 0. The van der Waals surface area contributed by atoms with Gasteiger partial charge in [0.15, 0.2) is 0 Å². The van der Waals surface area contributed by atoms with Gasteiger partial charge in [0.25, 0.3) is 0 Å². The lowest BCUT2D eigenvalue weighted by molar-refractivity contribution is -0.150. The molecule has 1 N–H and O–H groups in total. The molecule has 0 aromatic heterocycles. The third-order valence-electron chi connectivity index (χ3n) is 10.7. The van der Waals surface area contributed by atoms with E-state index in [4.69, 9.17) is 9.47 Å². The van der Waals surface area contributed by atoms with Gasteiger partial charge in [0.1, 0.15) is 6.10 Å². The van der Waals surface area contributed by atoms with Gasteiger partial charge in [0.05, 0.1) is 6.61 Å². The fraction of sp³-hybridized carbons (Fsp3) is 0.935. The summed E-state index contributed by atoms with van der Waals surface area (Å²) in [6, 6.07) is 0. The molecule has 0 saturated heterocycles. The Morgan fingerprint density at radius 3 is 1.34 bits per heavy atom. The zero-order valence-electron chi connectivity index (χ0n) is 35.9. The molecule has 0 bridgehead atoms. The summed E-state index contributed by atoms with van der Waals surface area (Å²) in [6.45, 7) is 10.4. The number of rotatable bonds is 42. The normalized spacial score (nSPS) is 11.9. The van der Waals surface area contributed by atoms with Crippen LogP contribution in [0.5, 0.6) is 0 Å². The average Bonchev–Trinajstić information content (AvgIpc) is 3.15. The van der Waals surface area contributed by atoms with E-state index in [1.807, 2.05) is 0 Å². The highest BCUT2D eigenvalue weighted by Crippen LogP contribution is 2.18. The Hall–Kier alpha value is -1.63. The Balaban J connectivity index is 4.22. The smallest absolute Gasteiger partial charge is 0.306 e. The fourth-order valence-electron chi connectivity index (χ4n) is 7.15. The molecule has 53 heavy (non-hydrogen) atoms. The molecule has 1 unspecified atom stereocenters. The molecule has 0 spiro atoms. The topological polar surface area (TPSA) is 84.9 Å². The van der Waals surface area contributed by atoms with E-state index in [1.54, 1.807) is 7.05 Å². The van der Waals surface area contributed by atoms with Crippen LogP contribution in [0.1, 0.15) is 239 Å². The first-order valence-electron chi connectivity index (χ1n) is 23.2. The van der Waals surface area contributed by atoms with Crippen molar-refractivity contribution in [1.29, 1.82) is 0 Å². The summed E-state index contributed by atoms with van der Waals surface area (Å²) in [4.78, 5) is 39.1. The van der Waals surface area contributed by atoms with Gasteiger partial charge in [0, 0.05) is 26.3 Å². The molecular weight excluding hydrogens is 661 g/mol. The highest BCUT2D eigenvalue weighted by atomic mass is 16.5. The Morgan fingerprint density at radius 2 is 0.849 bits per heavy atom. The van der Waals surface area contributed by atoms with Gasteiger partial charge < -0.3 is 19.7 Å². The van der Waals surface area contributed by atoms with E-state index in [-0.39, 0.29) is 23.9 Å². The van der Waals surface area contributed by atoms with Crippen LogP contribution in [-0.4, -0.2) is 62.1 Å². The summed E-state index contributed by atoms with van der Waals surface area (Å²) in [7, 11) is 1.71. The van der Waals surface area contributed by atoms with Gasteiger partial charge in [-0.15, -0.1) is 0 Å². The van der Waals surface area contributed by atoms with Crippen molar-refractivity contribution in [3.05, 3.63) is 0 Å². The quantitative estimate of drug-likeness (QED) is 0.0494. The van der Waals surface area contributed by atoms with E-state index < -0.39 is 0 Å². The molecule has 0 aromatic rings. The molecule has 0 aliphatic heterocycles. The van der Waals surface area contributed by atoms with Crippen molar-refractivity contribution in [3.8, 4) is 0 Å². The van der Waals surface area contributed by atoms with Gasteiger partial charge in [0.2, 0.25) is 5.91 Å². The van der Waals surface area contributed by atoms with Crippen LogP contribution in [-0.2, 0) is 23.9 Å². The third-order valence-corrected chi connectivity index (χ3v) is 10.7. The predicted octanol–water partition coefficient (Wildman–Crippen LogP) is 12.8. The van der Waals surface area contributed by atoms with Crippen molar-refractivity contribution in [2.75, 3.05) is 33.3 Å². The lowest BCUT2D eigenvalue weighted by Gasteiger charge is -2.22. The van der Waals surface area contributed by atoms with Crippen LogP contribution < -0.4 is 5.32 Å². The minimum Gasteiger partial charge on any atom is -0.466 e. The van der Waals surface area contributed by atoms with E-state index >= 15 is 0 Å². The number of ether oxygens (including phenoxy) is 2. The second kappa shape index (κ2) is 41.5. The number of hydrogen-bond donors (Lipinski definition) is 1. The predicted molar refractivity (Wildman–Crippen MR) is 225 cm³/mol. The summed E-state index contributed by atoms with van der Waals surface area (Å²) in [6.07, 6.45) is 38.3. The fourth-order valence-corrected chi connectivity index (χ4v) is 7.15. The van der Waals surface area contributed by atoms with E-state index in [1.165, 1.54) is 116 Å². The highest BCUT2D eigenvalue weighted by molar-refractivity contribution is 5.75. The van der Waals surface area contributed by atoms with Gasteiger partial charge in [-0.25, -0.2) is 0 Å². The first kappa shape index (κ1) is 51.4. The number of hydrogen-bond acceptors (Lipinski definition) is 6. The Labute approximate surface area is 329 Å². The molecule has 314 valence electrons. The number of unbranched alkanes of at least 4 members (excludes halogenated alkanes) is 23. The van der Waals surface area contributed by atoms with Gasteiger partial charge in [-0.3, -0.25) is 14.4 Å². The van der Waals surface area contributed by atoms with Crippen LogP contribution in [0, 0.1) is 0 Å². The molecule has 0 saturated carbocycles. The van der Waals surface area contributed by atoms with E-state index in [2.05, 4.69) is 31.0 Å². The van der Waals surface area contributed by atoms with Crippen molar-refractivity contribution < 1.29 is 23.9 Å². The minimum absolute atomic E-state index is 0.00979. The molecule has 0 rings (SSSR count). The molecule has 0 radical (unpaired) electrons. The first-order chi connectivity index (χ1) is 26.0. The maximum absolute atomic E-state index is 12.7. The Kier molecular flexibility index (Phi) is 40.3. The average molecular weight is 751 g/mol. The lowest BCUT2D eigenvalue weighted by atomic mass is 10.0. The molecule has 1 amide bonds. The number of carbonyl (C=O) groups is 3. The number of esters is 2. The largest absolute Gasteiger partial charge is 0.466 e. The van der Waals surface area contributed by atoms with Crippen molar-refractivity contribution >= 4 is 17.8 Å². The van der Waals surface area contributed by atoms with Gasteiger partial charge in [-0.1, -0.05) is 156 Å². The van der Waals surface area contributed by atoms with Crippen molar-refractivity contribution in [2.45, 2.75) is 245 Å². The van der Waals surface area contributed by atoms with E-state index in [0.717, 1.165) is 103 Å². The molecular formula is C46H90N2O5. The van der Waals surface area contributed by atoms with Gasteiger partial charge in [-0.2, -0.15) is 0 Å². The third kappa shape index (κ3) is 38.4. The number of nitrogens with one attached hydrogen (secondary N) is 1. The molecule has 0 aromatic carbocycles. The van der Waals surface area contributed by atoms with E-state index in [0.29, 0.717) is 25.9 Å². The van der Waals surface area contributed by atoms with Gasteiger partial charge >= 0.3 is 11.9 Å². The zero-order chi connectivity index (χ0) is 38.9. The van der Waals surface area contributed by atoms with Gasteiger partial charge in [-0.05, 0) is 83.8 Å². The molecule has 0 aliphatic carbocycles. The zero-order valence-corrected chi connectivity index (χ0v) is 35.9. The summed E-state index contributed by atoms with van der Waals surface area (Å²) < 4.78 is 11.5. The molecule has 1 atom stereocenters. The second-order valence-corrected chi connectivity index (χ2v) is 15.9. The van der Waals surface area contributed by atoms with Crippen LogP contribution in [0.25, 0.3) is 0 Å². The Bertz CT molecular complexity index is 807. The van der Waals surface area contributed by atoms with Crippen molar-refractivity contribution in [3.63, 3.8) is 0 Å². The maximum Gasteiger partial charge on any atom is 0.306 e. The van der Waals surface area contributed by atoms with Crippen LogP contribution >= 0.6 is 0 Å². The van der Waals surface area contributed by atoms with Crippen LogP contribution in [0.4, 0.5) is 0 Å². The standard InChI is InChI=1S/C46H90N2O5/c1-5-8-11-14-16-25-32-42-52-45(50)37-28-21-17-23-30-39-48(41-33-36-44(49)47-4)40-31-24-18-22-29-38-46(51)53-43(34-26-19-13-10-7-3)35-27-20-15-12-9-6-2/h43H,5-42H2,1-4H3,(H,47,49). The lowest BCUT2D eigenvalue weighted by Crippen LogP contribution is -2.28. The van der Waals surface area contributed by atoms with Crippen LogP contribution in [0.15, 0.2) is 0 Å².